The summed E-state index contributed by atoms with van der Waals surface area (Å²) in [5.41, 5.74) is 4.44. The van der Waals surface area contributed by atoms with E-state index in [2.05, 4.69) is 4.98 Å². The Morgan fingerprint density at radius 3 is 2.56 bits per heavy atom. The van der Waals surface area contributed by atoms with Gasteiger partial charge in [-0.15, -0.1) is 11.3 Å². The van der Waals surface area contributed by atoms with Gasteiger partial charge in [0.2, 0.25) is 0 Å². The number of benzene rings is 1. The zero-order chi connectivity index (χ0) is 11.7. The summed E-state index contributed by atoms with van der Waals surface area (Å²) in [6, 6.07) is 5.45. The quantitative estimate of drug-likeness (QED) is 0.752. The molecule has 0 amide bonds. The predicted molar refractivity (Wildman–Crippen MR) is 66.3 cm³/mol. The van der Waals surface area contributed by atoms with E-state index in [-0.39, 0.29) is 11.7 Å². The molecule has 2 aromatic rings. The highest BCUT2D eigenvalue weighted by Crippen LogP contribution is 2.30. The Bertz CT molecular complexity index is 502. The van der Waals surface area contributed by atoms with Crippen LogP contribution < -0.4 is 0 Å². The number of aryl methyl sites for hydroxylation is 1. The Balaban J connectivity index is 2.46. The van der Waals surface area contributed by atoms with Crippen LogP contribution in [-0.2, 0) is 0 Å². The first-order valence-corrected chi connectivity index (χ1v) is 6.17. The van der Waals surface area contributed by atoms with Gasteiger partial charge in [0.1, 0.15) is 5.82 Å². The SMILES string of the molecule is Cc1ncsc1-c1ccc(C(C)C)c(F)c1. The van der Waals surface area contributed by atoms with Crippen molar-refractivity contribution in [3.63, 3.8) is 0 Å². The lowest BCUT2D eigenvalue weighted by atomic mass is 10.0. The number of thiazole rings is 1. The van der Waals surface area contributed by atoms with Crippen molar-refractivity contribution in [3.8, 4) is 10.4 Å². The van der Waals surface area contributed by atoms with Crippen molar-refractivity contribution in [2.75, 3.05) is 0 Å². The average Bonchev–Trinajstić information content (AvgIpc) is 2.63. The monoisotopic (exact) mass is 235 g/mol. The molecule has 3 heteroatoms. The van der Waals surface area contributed by atoms with Crippen LogP contribution in [0.3, 0.4) is 0 Å². The van der Waals surface area contributed by atoms with Gasteiger partial charge in [-0.2, -0.15) is 0 Å². The normalized spacial score (nSPS) is 11.1. The zero-order valence-electron chi connectivity index (χ0n) is 9.62. The molecule has 1 aromatic carbocycles. The van der Waals surface area contributed by atoms with E-state index >= 15 is 0 Å². The molecular formula is C13H14FNS. The highest BCUT2D eigenvalue weighted by Gasteiger charge is 2.10. The average molecular weight is 235 g/mol. The molecule has 2 rings (SSSR count). The van der Waals surface area contributed by atoms with Gasteiger partial charge >= 0.3 is 0 Å². The summed E-state index contributed by atoms with van der Waals surface area (Å²) < 4.78 is 13.8. The summed E-state index contributed by atoms with van der Waals surface area (Å²) in [4.78, 5) is 5.23. The van der Waals surface area contributed by atoms with Crippen molar-refractivity contribution in [2.45, 2.75) is 26.7 Å². The van der Waals surface area contributed by atoms with Crippen LogP contribution in [0.1, 0.15) is 31.0 Å². The van der Waals surface area contributed by atoms with E-state index in [1.165, 1.54) is 0 Å². The molecule has 0 bridgehead atoms. The van der Waals surface area contributed by atoms with Gasteiger partial charge in [-0.25, -0.2) is 9.37 Å². The minimum absolute atomic E-state index is 0.125. The molecule has 0 fully saturated rings. The molecule has 0 atom stereocenters. The van der Waals surface area contributed by atoms with Gasteiger partial charge in [0, 0.05) is 0 Å². The zero-order valence-corrected chi connectivity index (χ0v) is 10.4. The lowest BCUT2D eigenvalue weighted by Crippen LogP contribution is -1.93. The third-order valence-electron chi connectivity index (χ3n) is 2.63. The maximum absolute atomic E-state index is 13.8. The predicted octanol–water partition coefficient (Wildman–Crippen LogP) is 4.38. The molecule has 0 saturated heterocycles. The second-order valence-electron chi connectivity index (χ2n) is 4.16. The van der Waals surface area contributed by atoms with Gasteiger partial charge in [-0.1, -0.05) is 26.0 Å². The third kappa shape index (κ3) is 2.00. The minimum Gasteiger partial charge on any atom is -0.249 e. The summed E-state index contributed by atoms with van der Waals surface area (Å²) in [5, 5.41) is 0. The molecule has 0 unspecified atom stereocenters. The van der Waals surface area contributed by atoms with Crippen molar-refractivity contribution in [1.29, 1.82) is 0 Å². The Kier molecular flexibility index (Phi) is 3.06. The smallest absolute Gasteiger partial charge is 0.127 e. The fourth-order valence-corrected chi connectivity index (χ4v) is 2.52. The number of nitrogens with zero attached hydrogens (tertiary/aromatic N) is 1. The molecule has 84 valence electrons. The van der Waals surface area contributed by atoms with E-state index in [1.54, 1.807) is 22.9 Å². The van der Waals surface area contributed by atoms with Crippen LogP contribution in [0.2, 0.25) is 0 Å². The molecule has 0 aliphatic rings. The van der Waals surface area contributed by atoms with Crippen LogP contribution in [0, 0.1) is 12.7 Å². The molecule has 1 aromatic heterocycles. The van der Waals surface area contributed by atoms with Gasteiger partial charge in [0.05, 0.1) is 16.1 Å². The maximum atomic E-state index is 13.8. The minimum atomic E-state index is -0.125. The molecular weight excluding hydrogens is 221 g/mol. The fourth-order valence-electron chi connectivity index (χ4n) is 1.72. The molecule has 0 N–H and O–H groups in total. The van der Waals surface area contributed by atoms with Crippen LogP contribution in [-0.4, -0.2) is 4.98 Å². The number of halogens is 1. The largest absolute Gasteiger partial charge is 0.249 e. The lowest BCUT2D eigenvalue weighted by Gasteiger charge is -2.08. The highest BCUT2D eigenvalue weighted by molar-refractivity contribution is 7.13. The molecule has 0 radical (unpaired) electrons. The van der Waals surface area contributed by atoms with Gasteiger partial charge in [-0.3, -0.25) is 0 Å². The van der Waals surface area contributed by atoms with Crippen LogP contribution in [0.15, 0.2) is 23.7 Å². The number of rotatable bonds is 2. The van der Waals surface area contributed by atoms with E-state index in [0.717, 1.165) is 21.7 Å². The van der Waals surface area contributed by atoms with Gasteiger partial charge < -0.3 is 0 Å². The Morgan fingerprint density at radius 2 is 2.06 bits per heavy atom. The highest BCUT2D eigenvalue weighted by atomic mass is 32.1. The molecule has 16 heavy (non-hydrogen) atoms. The van der Waals surface area contributed by atoms with E-state index < -0.39 is 0 Å². The number of aromatic nitrogens is 1. The number of hydrogen-bond acceptors (Lipinski definition) is 2. The first kappa shape index (κ1) is 11.3. The van der Waals surface area contributed by atoms with Crippen molar-refractivity contribution >= 4 is 11.3 Å². The van der Waals surface area contributed by atoms with Crippen molar-refractivity contribution in [3.05, 3.63) is 40.8 Å². The summed E-state index contributed by atoms with van der Waals surface area (Å²) in [6.45, 7) is 5.94. The lowest BCUT2D eigenvalue weighted by molar-refractivity contribution is 0.599. The van der Waals surface area contributed by atoms with Crippen molar-refractivity contribution in [2.24, 2.45) is 0 Å². The van der Waals surface area contributed by atoms with Crippen LogP contribution in [0.25, 0.3) is 10.4 Å². The van der Waals surface area contributed by atoms with E-state index in [9.17, 15) is 4.39 Å². The van der Waals surface area contributed by atoms with Gasteiger partial charge in [0.15, 0.2) is 0 Å². The summed E-state index contributed by atoms with van der Waals surface area (Å²) >= 11 is 1.55. The summed E-state index contributed by atoms with van der Waals surface area (Å²) in [6.07, 6.45) is 0. The molecule has 1 heterocycles. The molecule has 0 aliphatic carbocycles. The molecule has 0 saturated carbocycles. The van der Waals surface area contributed by atoms with Crippen LogP contribution >= 0.6 is 11.3 Å². The summed E-state index contributed by atoms with van der Waals surface area (Å²) in [5.74, 6) is 0.0944. The molecule has 0 aliphatic heterocycles. The first-order chi connectivity index (χ1) is 7.59. The Hall–Kier alpha value is -1.22. The van der Waals surface area contributed by atoms with E-state index in [4.69, 9.17) is 0 Å². The van der Waals surface area contributed by atoms with Gasteiger partial charge in [0.25, 0.3) is 0 Å². The van der Waals surface area contributed by atoms with Crippen LogP contribution in [0.5, 0.6) is 0 Å². The van der Waals surface area contributed by atoms with E-state index in [1.807, 2.05) is 32.9 Å². The third-order valence-corrected chi connectivity index (χ3v) is 3.61. The second kappa shape index (κ2) is 4.34. The maximum Gasteiger partial charge on any atom is 0.127 e. The summed E-state index contributed by atoms with van der Waals surface area (Å²) in [7, 11) is 0. The second-order valence-corrected chi connectivity index (χ2v) is 5.01. The Labute approximate surface area is 99.0 Å². The van der Waals surface area contributed by atoms with Gasteiger partial charge in [-0.05, 0) is 30.0 Å². The first-order valence-electron chi connectivity index (χ1n) is 5.29. The fraction of sp³-hybridized carbons (Fsp3) is 0.308. The molecule has 1 nitrogen and oxygen atoms in total. The Morgan fingerprint density at radius 1 is 1.31 bits per heavy atom. The van der Waals surface area contributed by atoms with E-state index in [0.29, 0.717) is 0 Å². The van der Waals surface area contributed by atoms with Crippen LogP contribution in [0.4, 0.5) is 4.39 Å². The molecule has 0 spiro atoms. The number of hydrogen-bond donors (Lipinski definition) is 0. The van der Waals surface area contributed by atoms with Crippen molar-refractivity contribution in [1.82, 2.24) is 4.98 Å². The van der Waals surface area contributed by atoms with Crippen molar-refractivity contribution < 1.29 is 4.39 Å². The standard InChI is InChI=1S/C13H14FNS/c1-8(2)11-5-4-10(6-12(11)14)13-9(3)15-7-16-13/h4-8H,1-3H3. The topological polar surface area (TPSA) is 12.9 Å².